The Kier molecular flexibility index (Phi) is 7.08. The number of rotatable bonds is 6. The molecule has 6 heteroatoms. The lowest BCUT2D eigenvalue weighted by Crippen LogP contribution is -2.48. The molecule has 0 spiro atoms. The van der Waals surface area contributed by atoms with Crippen LogP contribution >= 0.6 is 0 Å². The van der Waals surface area contributed by atoms with Crippen molar-refractivity contribution >= 4 is 11.6 Å². The number of carbonyl (C=O) groups is 1. The molecule has 140 valence electrons. The van der Waals surface area contributed by atoms with Gasteiger partial charge in [-0.15, -0.1) is 0 Å². The summed E-state index contributed by atoms with van der Waals surface area (Å²) in [5.41, 5.74) is 1.11. The van der Waals surface area contributed by atoms with Gasteiger partial charge in [0.15, 0.2) is 0 Å². The van der Waals surface area contributed by atoms with Crippen molar-refractivity contribution in [2.24, 2.45) is 0 Å². The number of phenols is 1. The molecule has 1 aromatic rings. The van der Waals surface area contributed by atoms with Gasteiger partial charge >= 0.3 is 0 Å². The Morgan fingerprint density at radius 1 is 1.28 bits per heavy atom. The summed E-state index contributed by atoms with van der Waals surface area (Å²) in [7, 11) is 1.58. The van der Waals surface area contributed by atoms with Crippen LogP contribution in [-0.2, 0) is 4.74 Å². The minimum atomic E-state index is -0.742. The van der Waals surface area contributed by atoms with Gasteiger partial charge < -0.3 is 25.2 Å². The van der Waals surface area contributed by atoms with Gasteiger partial charge in [0, 0.05) is 32.0 Å². The van der Waals surface area contributed by atoms with Crippen molar-refractivity contribution in [1.82, 2.24) is 5.32 Å². The van der Waals surface area contributed by atoms with Gasteiger partial charge in [0.2, 0.25) is 0 Å². The molecule has 1 amide bonds. The average molecular weight is 350 g/mol. The predicted octanol–water partition coefficient (Wildman–Crippen LogP) is 2.29. The summed E-state index contributed by atoms with van der Waals surface area (Å²) in [4.78, 5) is 14.7. The van der Waals surface area contributed by atoms with Crippen LogP contribution < -0.4 is 10.2 Å². The van der Waals surface area contributed by atoms with Crippen LogP contribution in [0.15, 0.2) is 18.2 Å². The maximum Gasteiger partial charge on any atom is 0.255 e. The minimum absolute atomic E-state index is 0.0479. The molecule has 1 aliphatic rings. The smallest absolute Gasteiger partial charge is 0.255 e. The van der Waals surface area contributed by atoms with Gasteiger partial charge in [-0.1, -0.05) is 12.8 Å². The van der Waals surface area contributed by atoms with E-state index in [-0.39, 0.29) is 29.4 Å². The van der Waals surface area contributed by atoms with Crippen molar-refractivity contribution in [1.29, 1.82) is 0 Å². The molecule has 1 fully saturated rings. The quantitative estimate of drug-likeness (QED) is 0.686. The van der Waals surface area contributed by atoms with Gasteiger partial charge in [-0.05, 0) is 38.8 Å². The van der Waals surface area contributed by atoms with Crippen LogP contribution in [0.3, 0.4) is 0 Å². The van der Waals surface area contributed by atoms with E-state index >= 15 is 0 Å². The van der Waals surface area contributed by atoms with Crippen LogP contribution in [0.4, 0.5) is 5.69 Å². The summed E-state index contributed by atoms with van der Waals surface area (Å²) in [6, 6.07) is 4.71. The summed E-state index contributed by atoms with van der Waals surface area (Å²) >= 11 is 0. The fourth-order valence-electron chi connectivity index (χ4n) is 3.47. The molecule has 0 heterocycles. The van der Waals surface area contributed by atoms with E-state index in [9.17, 15) is 15.0 Å². The average Bonchev–Trinajstić information content (AvgIpc) is 2.78. The first-order valence-electron chi connectivity index (χ1n) is 9.11. The number of phenolic OH excluding ortho intramolecular Hbond substituents is 1. The Balaban J connectivity index is 2.12. The number of aliphatic hydroxyl groups excluding tert-OH is 1. The maximum absolute atomic E-state index is 12.6. The second-order valence-corrected chi connectivity index (χ2v) is 6.50. The van der Waals surface area contributed by atoms with Crippen LogP contribution in [0, 0.1) is 0 Å². The molecule has 0 unspecified atom stereocenters. The molecule has 2 rings (SSSR count). The fourth-order valence-corrected chi connectivity index (χ4v) is 3.47. The second-order valence-electron chi connectivity index (χ2n) is 6.50. The first-order chi connectivity index (χ1) is 12.0. The zero-order valence-corrected chi connectivity index (χ0v) is 15.4. The van der Waals surface area contributed by atoms with E-state index in [0.29, 0.717) is 6.42 Å². The number of carbonyl (C=O) groups excluding carboxylic acids is 1. The molecule has 1 aromatic carbocycles. The third-order valence-corrected chi connectivity index (χ3v) is 5.02. The number of hydrogen-bond acceptors (Lipinski definition) is 5. The summed E-state index contributed by atoms with van der Waals surface area (Å²) in [6.45, 7) is 5.74. The maximum atomic E-state index is 12.6. The Morgan fingerprint density at radius 2 is 1.96 bits per heavy atom. The second kappa shape index (κ2) is 9.06. The molecule has 0 bridgehead atoms. The van der Waals surface area contributed by atoms with E-state index in [1.54, 1.807) is 19.2 Å². The number of benzene rings is 1. The molecular weight excluding hydrogens is 320 g/mol. The topological polar surface area (TPSA) is 82.0 Å². The highest BCUT2D eigenvalue weighted by molar-refractivity contribution is 5.97. The highest BCUT2D eigenvalue weighted by Gasteiger charge is 2.31. The molecule has 0 saturated heterocycles. The van der Waals surface area contributed by atoms with Crippen molar-refractivity contribution < 1.29 is 19.7 Å². The fraction of sp³-hybridized carbons (Fsp3) is 0.632. The van der Waals surface area contributed by atoms with E-state index < -0.39 is 6.10 Å². The molecule has 3 atom stereocenters. The monoisotopic (exact) mass is 350 g/mol. The normalized spacial score (nSPS) is 23.8. The van der Waals surface area contributed by atoms with Crippen molar-refractivity contribution in [3.8, 4) is 5.75 Å². The van der Waals surface area contributed by atoms with Gasteiger partial charge in [0.25, 0.3) is 5.91 Å². The third-order valence-electron chi connectivity index (χ3n) is 5.02. The van der Waals surface area contributed by atoms with E-state index in [1.807, 2.05) is 19.9 Å². The number of anilines is 1. The summed E-state index contributed by atoms with van der Waals surface area (Å²) in [5, 5.41) is 23.6. The molecule has 3 N–H and O–H groups in total. The van der Waals surface area contributed by atoms with E-state index in [1.165, 1.54) is 0 Å². The number of nitrogens with one attached hydrogen (secondary N) is 1. The number of nitrogens with zero attached hydrogens (tertiary/aromatic N) is 1. The summed E-state index contributed by atoms with van der Waals surface area (Å²) in [5.74, 6) is -0.419. The lowest BCUT2D eigenvalue weighted by atomic mass is 10.0. The van der Waals surface area contributed by atoms with Crippen molar-refractivity contribution in [2.45, 2.75) is 57.8 Å². The predicted molar refractivity (Wildman–Crippen MR) is 98.2 cm³/mol. The molecule has 0 radical (unpaired) electrons. The molecule has 0 aromatic heterocycles. The van der Waals surface area contributed by atoms with E-state index in [4.69, 9.17) is 4.74 Å². The van der Waals surface area contributed by atoms with Gasteiger partial charge in [-0.3, -0.25) is 4.79 Å². The van der Waals surface area contributed by atoms with Crippen LogP contribution in [0.5, 0.6) is 5.75 Å². The minimum Gasteiger partial charge on any atom is -0.507 e. The van der Waals surface area contributed by atoms with Gasteiger partial charge in [0.05, 0.1) is 17.7 Å². The van der Waals surface area contributed by atoms with Crippen LogP contribution in [0.25, 0.3) is 0 Å². The SMILES string of the molecule is CCN(CC)c1ccc(C(=O)N[C@@H]2CCCC[C@@H](OC)[C@@H]2O)c(O)c1. The number of ether oxygens (including phenoxy) is 1. The largest absolute Gasteiger partial charge is 0.507 e. The molecule has 0 aliphatic heterocycles. The van der Waals surface area contributed by atoms with Crippen molar-refractivity contribution in [3.63, 3.8) is 0 Å². The van der Waals surface area contributed by atoms with Crippen molar-refractivity contribution in [2.75, 3.05) is 25.1 Å². The zero-order valence-electron chi connectivity index (χ0n) is 15.4. The molecular formula is C19H30N2O4. The number of amides is 1. The summed E-state index contributed by atoms with van der Waals surface area (Å²) in [6.07, 6.45) is 2.36. The number of hydrogen-bond donors (Lipinski definition) is 3. The lowest BCUT2D eigenvalue weighted by molar-refractivity contribution is -0.0277. The van der Waals surface area contributed by atoms with Gasteiger partial charge in [-0.2, -0.15) is 0 Å². The van der Waals surface area contributed by atoms with Crippen LogP contribution in [-0.4, -0.2) is 54.6 Å². The van der Waals surface area contributed by atoms with Gasteiger partial charge in [0.1, 0.15) is 11.9 Å². The highest BCUT2D eigenvalue weighted by Crippen LogP contribution is 2.26. The Hall–Kier alpha value is -1.79. The molecule has 25 heavy (non-hydrogen) atoms. The number of aliphatic hydroxyl groups is 1. The van der Waals surface area contributed by atoms with Crippen LogP contribution in [0.1, 0.15) is 49.9 Å². The molecule has 1 saturated carbocycles. The Morgan fingerprint density at radius 3 is 2.56 bits per heavy atom. The first kappa shape index (κ1) is 19.5. The summed E-state index contributed by atoms with van der Waals surface area (Å²) < 4.78 is 5.34. The zero-order chi connectivity index (χ0) is 18.4. The lowest BCUT2D eigenvalue weighted by Gasteiger charge is -2.27. The van der Waals surface area contributed by atoms with E-state index in [0.717, 1.165) is 38.0 Å². The standard InChI is InChI=1S/C19H30N2O4/c1-4-21(5-2)13-10-11-14(16(22)12-13)19(24)20-15-8-6-7-9-17(25-3)18(15)23/h10-12,15,17-18,22-23H,4-9H2,1-3H3,(H,20,24)/t15-,17-,18-/m1/s1. The Labute approximate surface area is 149 Å². The third kappa shape index (κ3) is 4.64. The van der Waals surface area contributed by atoms with E-state index in [2.05, 4.69) is 10.2 Å². The van der Waals surface area contributed by atoms with Gasteiger partial charge in [-0.25, -0.2) is 0 Å². The Bertz CT molecular complexity index is 575. The number of methoxy groups -OCH3 is 1. The number of aromatic hydroxyl groups is 1. The highest BCUT2D eigenvalue weighted by atomic mass is 16.5. The molecule has 1 aliphatic carbocycles. The molecule has 6 nitrogen and oxygen atoms in total. The van der Waals surface area contributed by atoms with Crippen molar-refractivity contribution in [3.05, 3.63) is 23.8 Å². The first-order valence-corrected chi connectivity index (χ1v) is 9.11. The van der Waals surface area contributed by atoms with Crippen LogP contribution in [0.2, 0.25) is 0 Å².